The second-order valence-electron chi connectivity index (χ2n) is 6.42. The topological polar surface area (TPSA) is 37.3 Å². The van der Waals surface area contributed by atoms with Crippen LogP contribution in [-0.4, -0.2) is 11.1 Å². The van der Waals surface area contributed by atoms with Crippen LogP contribution in [0.1, 0.15) is 43.9 Å². The largest absolute Gasteiger partial charge is 0.481 e. The molecule has 0 saturated carbocycles. The van der Waals surface area contributed by atoms with Crippen LogP contribution in [0.5, 0.6) is 0 Å². The van der Waals surface area contributed by atoms with Gasteiger partial charge < -0.3 is 5.11 Å². The van der Waals surface area contributed by atoms with Gasteiger partial charge in [0.1, 0.15) is 0 Å². The van der Waals surface area contributed by atoms with Crippen LogP contribution < -0.4 is 0 Å². The van der Waals surface area contributed by atoms with E-state index in [9.17, 15) is 9.90 Å². The van der Waals surface area contributed by atoms with E-state index in [0.29, 0.717) is 6.42 Å². The van der Waals surface area contributed by atoms with Crippen molar-refractivity contribution in [3.63, 3.8) is 0 Å². The zero-order valence-electron chi connectivity index (χ0n) is 11.5. The molecular formula is C16H22O2. The van der Waals surface area contributed by atoms with Gasteiger partial charge in [-0.1, -0.05) is 39.0 Å². The summed E-state index contributed by atoms with van der Waals surface area (Å²) in [6.07, 6.45) is 4.19. The minimum Gasteiger partial charge on any atom is -0.481 e. The molecular weight excluding hydrogens is 224 g/mol. The van der Waals surface area contributed by atoms with Gasteiger partial charge in [0.15, 0.2) is 0 Å². The van der Waals surface area contributed by atoms with Crippen molar-refractivity contribution in [3.05, 3.63) is 34.9 Å². The molecule has 0 bridgehead atoms. The van der Waals surface area contributed by atoms with Gasteiger partial charge in [0.05, 0.1) is 5.92 Å². The Morgan fingerprint density at radius 2 is 1.94 bits per heavy atom. The Labute approximate surface area is 109 Å². The van der Waals surface area contributed by atoms with Crippen molar-refractivity contribution in [2.75, 3.05) is 0 Å². The van der Waals surface area contributed by atoms with E-state index in [-0.39, 0.29) is 11.3 Å². The minimum atomic E-state index is -0.692. The molecule has 0 aliphatic heterocycles. The van der Waals surface area contributed by atoms with Crippen LogP contribution in [-0.2, 0) is 24.1 Å². The molecule has 1 aromatic carbocycles. The van der Waals surface area contributed by atoms with Gasteiger partial charge in [0, 0.05) is 0 Å². The Morgan fingerprint density at radius 1 is 1.28 bits per heavy atom. The SMILES string of the molecule is CC(C)(C)C(Cc1ccc2c(c1)CCC2)C(=O)O. The van der Waals surface area contributed by atoms with Crippen LogP contribution in [0.25, 0.3) is 0 Å². The third kappa shape index (κ3) is 2.74. The normalized spacial score (nSPS) is 16.4. The lowest BCUT2D eigenvalue weighted by molar-refractivity contribution is -0.145. The average molecular weight is 246 g/mol. The highest BCUT2D eigenvalue weighted by Crippen LogP contribution is 2.31. The summed E-state index contributed by atoms with van der Waals surface area (Å²) < 4.78 is 0. The van der Waals surface area contributed by atoms with E-state index in [1.807, 2.05) is 20.8 Å². The summed E-state index contributed by atoms with van der Waals surface area (Å²) >= 11 is 0. The van der Waals surface area contributed by atoms with Crippen LogP contribution in [0.15, 0.2) is 18.2 Å². The summed E-state index contributed by atoms with van der Waals surface area (Å²) in [5, 5.41) is 9.36. The molecule has 0 radical (unpaired) electrons. The lowest BCUT2D eigenvalue weighted by Crippen LogP contribution is -2.30. The van der Waals surface area contributed by atoms with Crippen molar-refractivity contribution in [3.8, 4) is 0 Å². The number of aliphatic carboxylic acids is 1. The highest BCUT2D eigenvalue weighted by Gasteiger charge is 2.31. The first kappa shape index (κ1) is 13.1. The van der Waals surface area contributed by atoms with Crippen molar-refractivity contribution < 1.29 is 9.90 Å². The maximum atomic E-state index is 11.4. The maximum Gasteiger partial charge on any atom is 0.307 e. The van der Waals surface area contributed by atoms with Crippen molar-refractivity contribution in [2.45, 2.75) is 46.5 Å². The van der Waals surface area contributed by atoms with E-state index < -0.39 is 5.97 Å². The Hall–Kier alpha value is -1.31. The molecule has 1 aliphatic rings. The molecule has 0 saturated heterocycles. The zero-order valence-corrected chi connectivity index (χ0v) is 11.5. The number of rotatable bonds is 3. The molecule has 1 atom stereocenters. The molecule has 2 rings (SSSR count). The number of carboxylic acid groups (broad SMARTS) is 1. The monoisotopic (exact) mass is 246 g/mol. The molecule has 0 aromatic heterocycles. The average Bonchev–Trinajstić information content (AvgIpc) is 2.70. The third-order valence-electron chi connectivity index (χ3n) is 3.95. The second-order valence-corrected chi connectivity index (χ2v) is 6.42. The van der Waals surface area contributed by atoms with Gasteiger partial charge in [-0.2, -0.15) is 0 Å². The van der Waals surface area contributed by atoms with Gasteiger partial charge in [-0.15, -0.1) is 0 Å². The molecule has 0 amide bonds. The summed E-state index contributed by atoms with van der Waals surface area (Å²) in [7, 11) is 0. The standard InChI is InChI=1S/C16H22O2/c1-16(2,3)14(15(17)18)10-11-7-8-12-5-4-6-13(12)9-11/h7-9,14H,4-6,10H2,1-3H3,(H,17,18). The molecule has 0 heterocycles. The van der Waals surface area contributed by atoms with Gasteiger partial charge in [0.25, 0.3) is 0 Å². The fraction of sp³-hybridized carbons (Fsp3) is 0.562. The third-order valence-corrected chi connectivity index (χ3v) is 3.95. The minimum absolute atomic E-state index is 0.204. The summed E-state index contributed by atoms with van der Waals surface area (Å²) in [4.78, 5) is 11.4. The number of carbonyl (C=O) groups is 1. The van der Waals surface area contributed by atoms with Gasteiger partial charge in [-0.25, -0.2) is 0 Å². The van der Waals surface area contributed by atoms with Crippen LogP contribution >= 0.6 is 0 Å². The molecule has 98 valence electrons. The molecule has 1 N–H and O–H groups in total. The fourth-order valence-corrected chi connectivity index (χ4v) is 2.75. The summed E-state index contributed by atoms with van der Waals surface area (Å²) in [5.74, 6) is -1.01. The van der Waals surface area contributed by atoms with Crippen molar-refractivity contribution >= 4 is 5.97 Å². The molecule has 1 unspecified atom stereocenters. The first-order valence-corrected chi connectivity index (χ1v) is 6.71. The predicted octanol–water partition coefficient (Wildman–Crippen LogP) is 3.46. The molecule has 0 fully saturated rings. The van der Waals surface area contributed by atoms with E-state index in [1.54, 1.807) is 0 Å². The van der Waals surface area contributed by atoms with E-state index in [2.05, 4.69) is 18.2 Å². The van der Waals surface area contributed by atoms with Gasteiger partial charge in [-0.3, -0.25) is 4.79 Å². The Morgan fingerprint density at radius 3 is 2.56 bits per heavy atom. The molecule has 0 spiro atoms. The first-order chi connectivity index (χ1) is 8.38. The summed E-state index contributed by atoms with van der Waals surface area (Å²) in [6, 6.07) is 6.50. The number of hydrogen-bond donors (Lipinski definition) is 1. The first-order valence-electron chi connectivity index (χ1n) is 6.71. The number of carboxylic acids is 1. The smallest absolute Gasteiger partial charge is 0.307 e. The number of fused-ring (bicyclic) bond motifs is 1. The lowest BCUT2D eigenvalue weighted by atomic mass is 9.77. The Balaban J connectivity index is 2.20. The number of benzene rings is 1. The van der Waals surface area contributed by atoms with E-state index in [1.165, 1.54) is 24.0 Å². The van der Waals surface area contributed by atoms with Crippen LogP contribution in [0.4, 0.5) is 0 Å². The lowest BCUT2D eigenvalue weighted by Gasteiger charge is -2.27. The quantitative estimate of drug-likeness (QED) is 0.886. The Kier molecular flexibility index (Phi) is 3.47. The van der Waals surface area contributed by atoms with Gasteiger partial charge in [-0.05, 0) is 47.8 Å². The molecule has 1 aromatic rings. The molecule has 18 heavy (non-hydrogen) atoms. The molecule has 1 aliphatic carbocycles. The predicted molar refractivity (Wildman–Crippen MR) is 72.8 cm³/mol. The van der Waals surface area contributed by atoms with E-state index >= 15 is 0 Å². The van der Waals surface area contributed by atoms with E-state index in [4.69, 9.17) is 0 Å². The highest BCUT2D eigenvalue weighted by atomic mass is 16.4. The van der Waals surface area contributed by atoms with Gasteiger partial charge >= 0.3 is 5.97 Å². The molecule has 2 nitrogen and oxygen atoms in total. The maximum absolute atomic E-state index is 11.4. The molecule has 2 heteroatoms. The van der Waals surface area contributed by atoms with Crippen LogP contribution in [0, 0.1) is 11.3 Å². The summed E-state index contributed by atoms with van der Waals surface area (Å²) in [6.45, 7) is 6.00. The summed E-state index contributed by atoms with van der Waals surface area (Å²) in [5.41, 5.74) is 3.83. The van der Waals surface area contributed by atoms with Crippen molar-refractivity contribution in [1.82, 2.24) is 0 Å². The van der Waals surface area contributed by atoms with E-state index in [0.717, 1.165) is 12.0 Å². The van der Waals surface area contributed by atoms with Crippen molar-refractivity contribution in [1.29, 1.82) is 0 Å². The number of aryl methyl sites for hydroxylation is 2. The Bertz CT molecular complexity index is 455. The van der Waals surface area contributed by atoms with Crippen molar-refractivity contribution in [2.24, 2.45) is 11.3 Å². The second kappa shape index (κ2) is 4.75. The number of hydrogen-bond acceptors (Lipinski definition) is 1. The van der Waals surface area contributed by atoms with Crippen LogP contribution in [0.2, 0.25) is 0 Å². The van der Waals surface area contributed by atoms with Gasteiger partial charge in [0.2, 0.25) is 0 Å². The zero-order chi connectivity index (χ0) is 13.3. The fourth-order valence-electron chi connectivity index (χ4n) is 2.75. The van der Waals surface area contributed by atoms with Crippen LogP contribution in [0.3, 0.4) is 0 Å². The highest BCUT2D eigenvalue weighted by molar-refractivity contribution is 5.71.